The molecule has 3 nitrogen and oxygen atoms in total. The van der Waals surface area contributed by atoms with Crippen LogP contribution in [0, 0.1) is 18.3 Å². The van der Waals surface area contributed by atoms with Crippen LogP contribution in [0.25, 0.3) is 0 Å². The van der Waals surface area contributed by atoms with Gasteiger partial charge in [-0.2, -0.15) is 0 Å². The van der Waals surface area contributed by atoms with E-state index < -0.39 is 0 Å². The van der Waals surface area contributed by atoms with Gasteiger partial charge in [-0.25, -0.2) is 0 Å². The van der Waals surface area contributed by atoms with Crippen LogP contribution in [-0.4, -0.2) is 25.3 Å². The molecule has 2 atom stereocenters. The summed E-state index contributed by atoms with van der Waals surface area (Å²) in [4.78, 5) is 11.7. The lowest BCUT2D eigenvalue weighted by atomic mass is 9.96. The van der Waals surface area contributed by atoms with Gasteiger partial charge in [-0.3, -0.25) is 4.79 Å². The molecular formula is C15H16O3. The second-order valence-corrected chi connectivity index (χ2v) is 4.40. The Kier molecular flexibility index (Phi) is 4.38. The second-order valence-electron chi connectivity index (χ2n) is 4.40. The summed E-state index contributed by atoms with van der Waals surface area (Å²) in [5.74, 6) is 2.20. The number of benzene rings is 1. The highest BCUT2D eigenvalue weighted by molar-refractivity contribution is 5.75. The summed E-state index contributed by atoms with van der Waals surface area (Å²) in [6, 6.07) is 9.96. The van der Waals surface area contributed by atoms with Crippen molar-refractivity contribution in [2.45, 2.75) is 18.9 Å². The molecule has 1 saturated heterocycles. The van der Waals surface area contributed by atoms with Crippen LogP contribution in [0.15, 0.2) is 30.3 Å². The quantitative estimate of drug-likeness (QED) is 0.450. The van der Waals surface area contributed by atoms with Crippen molar-refractivity contribution in [3.8, 4) is 12.3 Å². The number of esters is 1. The van der Waals surface area contributed by atoms with E-state index in [1.165, 1.54) is 0 Å². The van der Waals surface area contributed by atoms with Crippen LogP contribution in [0.1, 0.15) is 12.0 Å². The fraction of sp³-hybridized carbons (Fsp3) is 0.400. The summed E-state index contributed by atoms with van der Waals surface area (Å²) in [6.45, 7) is 0.651. The number of terminal acetylenes is 1. The molecule has 0 bridgehead atoms. The molecule has 0 amide bonds. The van der Waals surface area contributed by atoms with E-state index in [1.807, 2.05) is 30.3 Å². The Morgan fingerprint density at radius 1 is 1.39 bits per heavy atom. The van der Waals surface area contributed by atoms with Gasteiger partial charge in [0.15, 0.2) is 0 Å². The van der Waals surface area contributed by atoms with Crippen LogP contribution in [0.5, 0.6) is 0 Å². The van der Waals surface area contributed by atoms with Gasteiger partial charge in [-0.1, -0.05) is 36.3 Å². The predicted molar refractivity (Wildman–Crippen MR) is 67.8 cm³/mol. The van der Waals surface area contributed by atoms with Crippen LogP contribution in [0.3, 0.4) is 0 Å². The summed E-state index contributed by atoms with van der Waals surface area (Å²) in [5, 5.41) is 0. The third kappa shape index (κ3) is 3.35. The number of carbonyl (C=O) groups is 1. The molecule has 0 aliphatic carbocycles. The molecule has 18 heavy (non-hydrogen) atoms. The summed E-state index contributed by atoms with van der Waals surface area (Å²) in [7, 11) is 0. The fourth-order valence-corrected chi connectivity index (χ4v) is 2.14. The second kappa shape index (κ2) is 6.23. The third-order valence-electron chi connectivity index (χ3n) is 2.98. The number of hydrogen-bond donors (Lipinski definition) is 0. The first-order valence-corrected chi connectivity index (χ1v) is 6.05. The van der Waals surface area contributed by atoms with Gasteiger partial charge in [0.1, 0.15) is 12.7 Å². The lowest BCUT2D eigenvalue weighted by molar-refractivity contribution is -0.145. The van der Waals surface area contributed by atoms with Crippen molar-refractivity contribution in [2.75, 3.05) is 13.2 Å². The van der Waals surface area contributed by atoms with Gasteiger partial charge in [0.25, 0.3) is 0 Å². The van der Waals surface area contributed by atoms with Crippen LogP contribution in [0.2, 0.25) is 0 Å². The standard InChI is InChI=1S/C15H16O3/c1-2-8-17-11-14-10-13(15(16)18-14)9-12-6-4-3-5-7-12/h1,3-7,13-14H,8-11H2. The average Bonchev–Trinajstić information content (AvgIpc) is 2.72. The maximum Gasteiger partial charge on any atom is 0.309 e. The van der Waals surface area contributed by atoms with Crippen LogP contribution < -0.4 is 0 Å². The fourth-order valence-electron chi connectivity index (χ4n) is 2.14. The summed E-state index contributed by atoms with van der Waals surface area (Å²) in [5.41, 5.74) is 1.16. The Hall–Kier alpha value is -1.79. The Bertz CT molecular complexity index is 433. The van der Waals surface area contributed by atoms with Crippen LogP contribution in [0.4, 0.5) is 0 Å². The summed E-state index contributed by atoms with van der Waals surface area (Å²) < 4.78 is 10.5. The maximum absolute atomic E-state index is 11.7. The predicted octanol–water partition coefficient (Wildman–Crippen LogP) is 1.81. The Morgan fingerprint density at radius 2 is 2.17 bits per heavy atom. The van der Waals surface area contributed by atoms with Crippen molar-refractivity contribution < 1.29 is 14.3 Å². The molecule has 94 valence electrons. The zero-order valence-electron chi connectivity index (χ0n) is 10.2. The Labute approximate surface area is 107 Å². The molecule has 0 radical (unpaired) electrons. The van der Waals surface area contributed by atoms with E-state index in [1.54, 1.807) is 0 Å². The number of cyclic esters (lactones) is 1. The minimum Gasteiger partial charge on any atom is -0.460 e. The molecule has 0 aromatic heterocycles. The largest absolute Gasteiger partial charge is 0.460 e. The molecule has 1 heterocycles. The first kappa shape index (κ1) is 12.7. The zero-order valence-corrected chi connectivity index (χ0v) is 10.2. The van der Waals surface area contributed by atoms with E-state index in [0.717, 1.165) is 12.0 Å². The molecule has 1 aromatic carbocycles. The minimum absolute atomic E-state index is 0.0631. The smallest absolute Gasteiger partial charge is 0.309 e. The zero-order chi connectivity index (χ0) is 12.8. The monoisotopic (exact) mass is 244 g/mol. The first-order valence-electron chi connectivity index (χ1n) is 6.05. The van der Waals surface area contributed by atoms with Crippen molar-refractivity contribution in [3.63, 3.8) is 0 Å². The van der Waals surface area contributed by atoms with Crippen LogP contribution >= 0.6 is 0 Å². The molecule has 1 aromatic rings. The number of ether oxygens (including phenoxy) is 2. The maximum atomic E-state index is 11.7. The Morgan fingerprint density at radius 3 is 2.89 bits per heavy atom. The molecular weight excluding hydrogens is 228 g/mol. The van der Waals surface area contributed by atoms with E-state index in [9.17, 15) is 4.79 Å². The molecule has 1 aliphatic rings. The number of hydrogen-bond acceptors (Lipinski definition) is 3. The van der Waals surface area contributed by atoms with Gasteiger partial charge in [-0.05, 0) is 12.0 Å². The van der Waals surface area contributed by atoms with Gasteiger partial charge in [-0.15, -0.1) is 6.42 Å². The number of rotatable bonds is 5. The van der Waals surface area contributed by atoms with E-state index in [0.29, 0.717) is 13.0 Å². The molecule has 3 heteroatoms. The summed E-state index contributed by atoms with van der Waals surface area (Å²) >= 11 is 0. The highest BCUT2D eigenvalue weighted by Crippen LogP contribution is 2.25. The van der Waals surface area contributed by atoms with Gasteiger partial charge < -0.3 is 9.47 Å². The molecule has 2 unspecified atom stereocenters. The third-order valence-corrected chi connectivity index (χ3v) is 2.98. The van der Waals surface area contributed by atoms with E-state index in [-0.39, 0.29) is 24.6 Å². The lowest BCUT2D eigenvalue weighted by Gasteiger charge is -2.07. The van der Waals surface area contributed by atoms with Crippen molar-refractivity contribution in [1.29, 1.82) is 0 Å². The molecule has 2 rings (SSSR count). The molecule has 0 saturated carbocycles. The van der Waals surface area contributed by atoms with Gasteiger partial charge in [0.05, 0.1) is 12.5 Å². The van der Waals surface area contributed by atoms with Crippen LogP contribution in [-0.2, 0) is 20.7 Å². The topological polar surface area (TPSA) is 35.5 Å². The average molecular weight is 244 g/mol. The van der Waals surface area contributed by atoms with Gasteiger partial charge in [0.2, 0.25) is 0 Å². The SMILES string of the molecule is C#CCOCC1CC(Cc2ccccc2)C(=O)O1. The number of carbonyl (C=O) groups excluding carboxylic acids is 1. The molecule has 0 spiro atoms. The normalized spacial score (nSPS) is 22.5. The Balaban J connectivity index is 1.84. The van der Waals surface area contributed by atoms with Crippen molar-refractivity contribution in [1.82, 2.24) is 0 Å². The van der Waals surface area contributed by atoms with Crippen molar-refractivity contribution >= 4 is 5.97 Å². The molecule has 1 fully saturated rings. The lowest BCUT2D eigenvalue weighted by Crippen LogP contribution is -2.15. The highest BCUT2D eigenvalue weighted by atomic mass is 16.6. The van der Waals surface area contributed by atoms with E-state index in [2.05, 4.69) is 5.92 Å². The van der Waals surface area contributed by atoms with Crippen molar-refractivity contribution in [2.24, 2.45) is 5.92 Å². The van der Waals surface area contributed by atoms with E-state index in [4.69, 9.17) is 15.9 Å². The van der Waals surface area contributed by atoms with E-state index >= 15 is 0 Å². The van der Waals surface area contributed by atoms with Gasteiger partial charge >= 0.3 is 5.97 Å². The van der Waals surface area contributed by atoms with Crippen molar-refractivity contribution in [3.05, 3.63) is 35.9 Å². The molecule has 1 aliphatic heterocycles. The molecule has 0 N–H and O–H groups in total. The first-order chi connectivity index (χ1) is 8.79. The highest BCUT2D eigenvalue weighted by Gasteiger charge is 2.34. The summed E-state index contributed by atoms with van der Waals surface area (Å²) in [6.07, 6.45) is 6.37. The minimum atomic E-state index is -0.153. The van der Waals surface area contributed by atoms with Gasteiger partial charge in [0, 0.05) is 6.42 Å².